The van der Waals surface area contributed by atoms with Crippen LogP contribution in [0.3, 0.4) is 0 Å². The summed E-state index contributed by atoms with van der Waals surface area (Å²) in [5, 5.41) is 6.94. The molecular formula is C13H18ClN3O. The van der Waals surface area contributed by atoms with Crippen LogP contribution in [0.5, 0.6) is 0 Å². The average Bonchev–Trinajstić information content (AvgIpc) is 2.75. The van der Waals surface area contributed by atoms with Crippen molar-refractivity contribution in [2.45, 2.75) is 13.0 Å². The fourth-order valence-electron chi connectivity index (χ4n) is 2.08. The topological polar surface area (TPSA) is 44.4 Å². The first-order valence-corrected chi connectivity index (χ1v) is 6.57. The summed E-state index contributed by atoms with van der Waals surface area (Å²) in [6.07, 6.45) is 0. The van der Waals surface area contributed by atoms with Gasteiger partial charge in [-0.05, 0) is 18.6 Å². The summed E-state index contributed by atoms with van der Waals surface area (Å²) >= 11 is 6.13. The molecule has 2 rings (SSSR count). The second-order valence-corrected chi connectivity index (χ2v) is 4.82. The molecule has 2 amide bonds. The number of carbonyl (C=O) groups excluding carboxylic acids is 1. The molecular weight excluding hydrogens is 250 g/mol. The Morgan fingerprint density at radius 3 is 2.94 bits per heavy atom. The van der Waals surface area contributed by atoms with Gasteiger partial charge in [0.05, 0.1) is 0 Å². The van der Waals surface area contributed by atoms with Gasteiger partial charge in [0.2, 0.25) is 0 Å². The predicted molar refractivity (Wildman–Crippen MR) is 72.8 cm³/mol. The van der Waals surface area contributed by atoms with Gasteiger partial charge in [-0.2, -0.15) is 0 Å². The molecule has 1 aromatic rings. The molecule has 0 spiro atoms. The molecule has 1 fully saturated rings. The summed E-state index contributed by atoms with van der Waals surface area (Å²) in [6.45, 7) is 5.10. The highest BCUT2D eigenvalue weighted by Gasteiger charge is 2.18. The largest absolute Gasteiger partial charge is 0.336 e. The van der Waals surface area contributed by atoms with E-state index in [9.17, 15) is 4.79 Å². The van der Waals surface area contributed by atoms with E-state index in [-0.39, 0.29) is 12.1 Å². The lowest BCUT2D eigenvalue weighted by Gasteiger charge is -2.19. The fourth-order valence-corrected chi connectivity index (χ4v) is 2.38. The fraction of sp³-hybridized carbons (Fsp3) is 0.462. The molecule has 0 unspecified atom stereocenters. The van der Waals surface area contributed by atoms with E-state index < -0.39 is 0 Å². The first-order chi connectivity index (χ1) is 8.68. The van der Waals surface area contributed by atoms with E-state index in [0.29, 0.717) is 0 Å². The summed E-state index contributed by atoms with van der Waals surface area (Å²) in [5.41, 5.74) is 1.09. The number of nitrogens with one attached hydrogen (secondary N) is 2. The van der Waals surface area contributed by atoms with Crippen molar-refractivity contribution in [1.29, 1.82) is 0 Å². The summed E-state index contributed by atoms with van der Waals surface area (Å²) < 4.78 is 0. The van der Waals surface area contributed by atoms with Gasteiger partial charge in [-0.15, -0.1) is 0 Å². The summed E-state index contributed by atoms with van der Waals surface area (Å²) in [6, 6.07) is 8.03. The van der Waals surface area contributed by atoms with Crippen LogP contribution in [0.25, 0.3) is 0 Å². The van der Waals surface area contributed by atoms with Crippen molar-refractivity contribution in [3.05, 3.63) is 34.9 Å². The van der Waals surface area contributed by atoms with E-state index in [1.165, 1.54) is 0 Å². The first kappa shape index (κ1) is 13.2. The zero-order chi connectivity index (χ0) is 13.0. The van der Waals surface area contributed by atoms with Crippen LogP contribution in [0.2, 0.25) is 5.02 Å². The van der Waals surface area contributed by atoms with Gasteiger partial charge in [-0.25, -0.2) is 4.79 Å². The predicted octanol–water partition coefficient (Wildman–Crippen LogP) is 2.02. The molecule has 0 aromatic heterocycles. The molecule has 1 aliphatic rings. The van der Waals surface area contributed by atoms with Crippen molar-refractivity contribution < 1.29 is 4.79 Å². The Bertz CT molecular complexity index is 424. The second kappa shape index (κ2) is 6.07. The molecule has 98 valence electrons. The molecule has 1 atom stereocenters. The minimum absolute atomic E-state index is 0.0298. The van der Waals surface area contributed by atoms with E-state index in [1.54, 1.807) is 0 Å². The number of nitrogens with zero attached hydrogens (tertiary/aromatic N) is 1. The Balaban J connectivity index is 1.80. The van der Waals surface area contributed by atoms with E-state index >= 15 is 0 Å². The highest BCUT2D eigenvalue weighted by molar-refractivity contribution is 6.31. The van der Waals surface area contributed by atoms with Crippen LogP contribution in [-0.2, 0) is 0 Å². The Hall–Kier alpha value is -1.26. The molecule has 18 heavy (non-hydrogen) atoms. The molecule has 1 heterocycles. The minimum atomic E-state index is 0.0298. The van der Waals surface area contributed by atoms with Gasteiger partial charge < -0.3 is 15.5 Å². The lowest BCUT2D eigenvalue weighted by molar-refractivity contribution is 0.217. The van der Waals surface area contributed by atoms with Crippen LogP contribution in [-0.4, -0.2) is 37.1 Å². The molecule has 1 aliphatic heterocycles. The summed E-state index contributed by atoms with van der Waals surface area (Å²) in [5.74, 6) is 0. The first-order valence-electron chi connectivity index (χ1n) is 6.19. The van der Waals surface area contributed by atoms with Crippen LogP contribution < -0.4 is 10.6 Å². The lowest BCUT2D eigenvalue weighted by atomic mass is 10.1. The number of carbonyl (C=O) groups is 1. The van der Waals surface area contributed by atoms with Crippen LogP contribution >= 0.6 is 11.6 Å². The third kappa shape index (κ3) is 3.15. The van der Waals surface area contributed by atoms with Crippen LogP contribution in [0.15, 0.2) is 24.3 Å². The molecule has 5 heteroatoms. The molecule has 4 nitrogen and oxygen atoms in total. The SMILES string of the molecule is C[C@@H](NCCN1CCNC1=O)c1ccccc1Cl. The third-order valence-electron chi connectivity index (χ3n) is 3.15. The maximum atomic E-state index is 11.3. The van der Waals surface area contributed by atoms with Gasteiger partial charge in [-0.1, -0.05) is 29.8 Å². The van der Waals surface area contributed by atoms with Gasteiger partial charge >= 0.3 is 6.03 Å². The van der Waals surface area contributed by atoms with Gasteiger partial charge in [0.25, 0.3) is 0 Å². The van der Waals surface area contributed by atoms with Crippen molar-refractivity contribution in [2.24, 2.45) is 0 Å². The Labute approximate surface area is 112 Å². The number of halogens is 1. The standard InChI is InChI=1S/C13H18ClN3O/c1-10(11-4-2-3-5-12(11)14)15-6-8-17-9-7-16-13(17)18/h2-5,10,15H,6-9H2,1H3,(H,16,18)/t10-/m1/s1. The van der Waals surface area contributed by atoms with Crippen LogP contribution in [0, 0.1) is 0 Å². The average molecular weight is 268 g/mol. The number of hydrogen-bond donors (Lipinski definition) is 2. The molecule has 0 aliphatic carbocycles. The number of rotatable bonds is 5. The molecule has 0 bridgehead atoms. The number of hydrogen-bond acceptors (Lipinski definition) is 2. The van der Waals surface area contributed by atoms with E-state index in [1.807, 2.05) is 29.2 Å². The van der Waals surface area contributed by atoms with E-state index in [2.05, 4.69) is 17.6 Å². The third-order valence-corrected chi connectivity index (χ3v) is 3.49. The molecule has 2 N–H and O–H groups in total. The zero-order valence-electron chi connectivity index (χ0n) is 10.4. The van der Waals surface area contributed by atoms with Gasteiger partial charge in [0.1, 0.15) is 0 Å². The minimum Gasteiger partial charge on any atom is -0.336 e. The molecule has 1 saturated heterocycles. The van der Waals surface area contributed by atoms with Gasteiger partial charge in [0.15, 0.2) is 0 Å². The van der Waals surface area contributed by atoms with Gasteiger partial charge in [0, 0.05) is 37.2 Å². The molecule has 0 radical (unpaired) electrons. The highest BCUT2D eigenvalue weighted by Crippen LogP contribution is 2.21. The number of urea groups is 1. The maximum Gasteiger partial charge on any atom is 0.317 e. The van der Waals surface area contributed by atoms with Gasteiger partial charge in [-0.3, -0.25) is 0 Å². The lowest BCUT2D eigenvalue weighted by Crippen LogP contribution is -2.35. The monoisotopic (exact) mass is 267 g/mol. The Morgan fingerprint density at radius 1 is 1.50 bits per heavy atom. The number of benzene rings is 1. The normalized spacial score (nSPS) is 16.8. The highest BCUT2D eigenvalue weighted by atomic mass is 35.5. The van der Waals surface area contributed by atoms with Crippen molar-refractivity contribution in [2.75, 3.05) is 26.2 Å². The molecule has 0 saturated carbocycles. The second-order valence-electron chi connectivity index (χ2n) is 4.42. The quantitative estimate of drug-likeness (QED) is 0.857. The van der Waals surface area contributed by atoms with E-state index in [4.69, 9.17) is 11.6 Å². The van der Waals surface area contributed by atoms with Crippen molar-refractivity contribution in [3.63, 3.8) is 0 Å². The molecule has 1 aromatic carbocycles. The van der Waals surface area contributed by atoms with Crippen LogP contribution in [0.4, 0.5) is 4.79 Å². The maximum absolute atomic E-state index is 11.3. The van der Waals surface area contributed by atoms with Crippen molar-refractivity contribution in [3.8, 4) is 0 Å². The zero-order valence-corrected chi connectivity index (χ0v) is 11.2. The van der Waals surface area contributed by atoms with Crippen molar-refractivity contribution >= 4 is 17.6 Å². The summed E-state index contributed by atoms with van der Waals surface area (Å²) in [4.78, 5) is 13.2. The summed E-state index contributed by atoms with van der Waals surface area (Å²) in [7, 11) is 0. The smallest absolute Gasteiger partial charge is 0.317 e. The Kier molecular flexibility index (Phi) is 4.44. The number of amides is 2. The van der Waals surface area contributed by atoms with Crippen molar-refractivity contribution in [1.82, 2.24) is 15.5 Å². The Morgan fingerprint density at radius 2 is 2.28 bits per heavy atom. The van der Waals surface area contributed by atoms with Crippen LogP contribution in [0.1, 0.15) is 18.5 Å². The van der Waals surface area contributed by atoms with E-state index in [0.717, 1.165) is 36.8 Å².